The Hall–Kier alpha value is -2.31. The van der Waals surface area contributed by atoms with Crippen LogP contribution in [0.4, 0.5) is 0 Å². The SMILES string of the molecule is Cc1ccc(C(=O)NC(C)c2ccc(S(N)(=O)=O)cc2)cc1S(=O)(=O)N1CCOCC1. The lowest BCUT2D eigenvalue weighted by molar-refractivity contribution is 0.0730. The number of rotatable bonds is 6. The zero-order chi connectivity index (χ0) is 22.8. The molecule has 1 amide bonds. The number of ether oxygens (including phenoxy) is 1. The van der Waals surface area contributed by atoms with Gasteiger partial charge in [0.1, 0.15) is 0 Å². The second kappa shape index (κ2) is 9.05. The van der Waals surface area contributed by atoms with Crippen LogP contribution in [0.1, 0.15) is 34.5 Å². The zero-order valence-electron chi connectivity index (χ0n) is 17.2. The number of hydrogen-bond donors (Lipinski definition) is 2. The Balaban J connectivity index is 1.80. The smallest absolute Gasteiger partial charge is 0.251 e. The molecule has 0 spiro atoms. The van der Waals surface area contributed by atoms with Gasteiger partial charge in [0.15, 0.2) is 0 Å². The third-order valence-corrected chi connectivity index (χ3v) is 8.06. The number of morpholine rings is 1. The Morgan fingerprint density at radius 3 is 2.26 bits per heavy atom. The summed E-state index contributed by atoms with van der Waals surface area (Å²) in [7, 11) is -7.54. The Morgan fingerprint density at radius 2 is 1.68 bits per heavy atom. The highest BCUT2D eigenvalue weighted by Gasteiger charge is 2.28. The van der Waals surface area contributed by atoms with Crippen molar-refractivity contribution in [3.63, 3.8) is 0 Å². The molecule has 2 aromatic rings. The first-order valence-corrected chi connectivity index (χ1v) is 12.6. The molecule has 1 atom stereocenters. The maximum atomic E-state index is 13.0. The molecule has 0 saturated carbocycles. The summed E-state index contributed by atoms with van der Waals surface area (Å²) in [4.78, 5) is 12.8. The lowest BCUT2D eigenvalue weighted by Gasteiger charge is -2.26. The predicted octanol–water partition coefficient (Wildman–Crippen LogP) is 1.15. The van der Waals surface area contributed by atoms with Crippen molar-refractivity contribution in [1.29, 1.82) is 0 Å². The van der Waals surface area contributed by atoms with Crippen LogP contribution in [-0.4, -0.2) is 53.4 Å². The van der Waals surface area contributed by atoms with Gasteiger partial charge in [-0.05, 0) is 49.2 Å². The van der Waals surface area contributed by atoms with Gasteiger partial charge in [0.2, 0.25) is 20.0 Å². The van der Waals surface area contributed by atoms with Gasteiger partial charge in [-0.2, -0.15) is 4.31 Å². The molecule has 11 heteroatoms. The third-order valence-electron chi connectivity index (χ3n) is 5.09. The van der Waals surface area contributed by atoms with Crippen LogP contribution in [0.5, 0.6) is 0 Å². The molecular weight excluding hydrogens is 442 g/mol. The van der Waals surface area contributed by atoms with Crippen molar-refractivity contribution in [1.82, 2.24) is 9.62 Å². The molecule has 1 aliphatic rings. The predicted molar refractivity (Wildman–Crippen MR) is 114 cm³/mol. The van der Waals surface area contributed by atoms with Gasteiger partial charge in [-0.3, -0.25) is 4.79 Å². The van der Waals surface area contributed by atoms with Crippen molar-refractivity contribution in [2.45, 2.75) is 29.7 Å². The van der Waals surface area contributed by atoms with E-state index in [1.165, 1.54) is 22.5 Å². The highest BCUT2D eigenvalue weighted by atomic mass is 32.2. The zero-order valence-corrected chi connectivity index (χ0v) is 18.9. The Morgan fingerprint density at radius 1 is 1.06 bits per heavy atom. The van der Waals surface area contributed by atoms with Crippen LogP contribution < -0.4 is 10.5 Å². The van der Waals surface area contributed by atoms with Gasteiger partial charge in [-0.1, -0.05) is 18.2 Å². The number of benzene rings is 2. The molecule has 168 valence electrons. The fraction of sp³-hybridized carbons (Fsp3) is 0.350. The number of nitrogens with one attached hydrogen (secondary N) is 1. The molecule has 0 bridgehead atoms. The Bertz CT molecular complexity index is 1170. The summed E-state index contributed by atoms with van der Waals surface area (Å²) in [6, 6.07) is 9.98. The maximum absolute atomic E-state index is 13.0. The summed E-state index contributed by atoms with van der Waals surface area (Å²) in [6.07, 6.45) is 0. The average Bonchev–Trinajstić information content (AvgIpc) is 2.74. The average molecular weight is 468 g/mol. The number of primary sulfonamides is 1. The van der Waals surface area contributed by atoms with E-state index in [0.717, 1.165) is 0 Å². The molecule has 3 N–H and O–H groups in total. The number of nitrogens with two attached hydrogens (primary N) is 1. The van der Waals surface area contributed by atoms with Crippen LogP contribution in [-0.2, 0) is 24.8 Å². The van der Waals surface area contributed by atoms with Gasteiger partial charge in [-0.25, -0.2) is 22.0 Å². The van der Waals surface area contributed by atoms with Crippen LogP contribution in [0.25, 0.3) is 0 Å². The molecule has 0 aliphatic carbocycles. The van der Waals surface area contributed by atoms with E-state index in [1.54, 1.807) is 38.1 Å². The summed E-state index contributed by atoms with van der Waals surface area (Å²) in [5.74, 6) is -0.443. The Labute approximate surface area is 182 Å². The number of nitrogens with zero attached hydrogens (tertiary/aromatic N) is 1. The highest BCUT2D eigenvalue weighted by Crippen LogP contribution is 2.23. The summed E-state index contributed by atoms with van der Waals surface area (Å²) < 4.78 is 55.4. The van der Waals surface area contributed by atoms with Gasteiger partial charge in [0, 0.05) is 18.7 Å². The van der Waals surface area contributed by atoms with Crippen LogP contribution in [0.15, 0.2) is 52.3 Å². The van der Waals surface area contributed by atoms with E-state index in [2.05, 4.69) is 5.32 Å². The molecule has 1 fully saturated rings. The topological polar surface area (TPSA) is 136 Å². The summed E-state index contributed by atoms with van der Waals surface area (Å²) in [6.45, 7) is 4.63. The largest absolute Gasteiger partial charge is 0.379 e. The van der Waals surface area contributed by atoms with Crippen molar-refractivity contribution >= 4 is 26.0 Å². The molecular formula is C20H25N3O6S2. The maximum Gasteiger partial charge on any atom is 0.251 e. The molecule has 2 aromatic carbocycles. The number of aryl methyl sites for hydroxylation is 1. The van der Waals surface area contributed by atoms with Crippen LogP contribution in [0, 0.1) is 6.92 Å². The van der Waals surface area contributed by atoms with E-state index >= 15 is 0 Å². The van der Waals surface area contributed by atoms with Crippen molar-refractivity contribution in [3.05, 3.63) is 59.2 Å². The molecule has 1 heterocycles. The van der Waals surface area contributed by atoms with E-state index in [9.17, 15) is 21.6 Å². The van der Waals surface area contributed by atoms with E-state index in [0.29, 0.717) is 24.3 Å². The van der Waals surface area contributed by atoms with E-state index < -0.39 is 32.0 Å². The van der Waals surface area contributed by atoms with Gasteiger partial charge < -0.3 is 10.1 Å². The second-order valence-electron chi connectivity index (χ2n) is 7.31. The van der Waals surface area contributed by atoms with E-state index in [-0.39, 0.29) is 28.4 Å². The second-order valence-corrected chi connectivity index (χ2v) is 10.8. The first-order chi connectivity index (χ1) is 14.5. The number of carbonyl (C=O) groups excluding carboxylic acids is 1. The quantitative estimate of drug-likeness (QED) is 0.654. The van der Waals surface area contributed by atoms with Crippen molar-refractivity contribution in [3.8, 4) is 0 Å². The minimum Gasteiger partial charge on any atom is -0.379 e. The molecule has 0 radical (unpaired) electrons. The summed E-state index contributed by atoms with van der Waals surface area (Å²) in [5, 5.41) is 7.90. The fourth-order valence-electron chi connectivity index (χ4n) is 3.25. The number of carbonyl (C=O) groups is 1. The first-order valence-electron chi connectivity index (χ1n) is 9.62. The molecule has 1 saturated heterocycles. The van der Waals surface area contributed by atoms with Crippen molar-refractivity contribution in [2.75, 3.05) is 26.3 Å². The number of amides is 1. The van der Waals surface area contributed by atoms with Crippen molar-refractivity contribution < 1.29 is 26.4 Å². The third kappa shape index (κ3) is 5.31. The first kappa shape index (κ1) is 23.4. The van der Waals surface area contributed by atoms with Crippen molar-refractivity contribution in [2.24, 2.45) is 5.14 Å². The van der Waals surface area contributed by atoms with Gasteiger partial charge >= 0.3 is 0 Å². The molecule has 31 heavy (non-hydrogen) atoms. The van der Waals surface area contributed by atoms with Crippen LogP contribution >= 0.6 is 0 Å². The van der Waals surface area contributed by atoms with Crippen LogP contribution in [0.2, 0.25) is 0 Å². The normalized spacial score (nSPS) is 16.6. The van der Waals surface area contributed by atoms with E-state index in [4.69, 9.17) is 9.88 Å². The van der Waals surface area contributed by atoms with Gasteiger partial charge in [0.05, 0.1) is 29.0 Å². The molecule has 1 aliphatic heterocycles. The minimum atomic E-state index is -3.80. The molecule has 1 unspecified atom stereocenters. The highest BCUT2D eigenvalue weighted by molar-refractivity contribution is 7.89. The minimum absolute atomic E-state index is 0.0220. The summed E-state index contributed by atoms with van der Waals surface area (Å²) >= 11 is 0. The number of hydrogen-bond acceptors (Lipinski definition) is 6. The van der Waals surface area contributed by atoms with Gasteiger partial charge in [-0.15, -0.1) is 0 Å². The van der Waals surface area contributed by atoms with E-state index in [1.807, 2.05) is 0 Å². The molecule has 0 aromatic heterocycles. The molecule has 3 rings (SSSR count). The van der Waals surface area contributed by atoms with Gasteiger partial charge in [0.25, 0.3) is 5.91 Å². The monoisotopic (exact) mass is 467 g/mol. The fourth-order valence-corrected chi connectivity index (χ4v) is 5.43. The lowest BCUT2D eigenvalue weighted by Crippen LogP contribution is -2.41. The van der Waals surface area contributed by atoms with Crippen LogP contribution in [0.3, 0.4) is 0 Å². The Kier molecular flexibility index (Phi) is 6.82. The summed E-state index contributed by atoms with van der Waals surface area (Å²) in [5.41, 5.74) is 1.44. The lowest BCUT2D eigenvalue weighted by atomic mass is 10.1. The number of sulfonamides is 2. The molecule has 9 nitrogen and oxygen atoms in total. The standard InChI is InChI=1S/C20H25N3O6S2/c1-14-3-4-17(13-19(14)31(27,28)23-9-11-29-12-10-23)20(24)22-15(2)16-5-7-18(8-6-16)30(21,25)26/h3-8,13,15H,9-12H2,1-2H3,(H,22,24)(H2,21,25,26).